The van der Waals surface area contributed by atoms with Crippen LogP contribution in [0.1, 0.15) is 43.9 Å². The van der Waals surface area contributed by atoms with Gasteiger partial charge in [0.1, 0.15) is 18.5 Å². The van der Waals surface area contributed by atoms with Crippen molar-refractivity contribution in [2.45, 2.75) is 44.5 Å². The Morgan fingerprint density at radius 1 is 1.31 bits per heavy atom. The maximum Gasteiger partial charge on any atom is 0.248 e. The number of allylic oxidation sites excluding steroid dienone is 1. The fourth-order valence-electron chi connectivity index (χ4n) is 3.92. The number of carbonyl (C=O) groups excluding carboxylic acids is 1. The molecule has 1 unspecified atom stereocenters. The first-order chi connectivity index (χ1) is 17.3. The average Bonchev–Trinajstić information content (AvgIpc) is 3.25. The lowest BCUT2D eigenvalue weighted by Gasteiger charge is -2.28. The highest BCUT2D eigenvalue weighted by molar-refractivity contribution is 7.99. The van der Waals surface area contributed by atoms with Gasteiger partial charge in [0.2, 0.25) is 17.0 Å². The van der Waals surface area contributed by atoms with Crippen molar-refractivity contribution in [2.24, 2.45) is 5.73 Å². The molecule has 1 aromatic heterocycles. The van der Waals surface area contributed by atoms with Crippen molar-refractivity contribution in [1.29, 1.82) is 0 Å². The van der Waals surface area contributed by atoms with Gasteiger partial charge in [-0.3, -0.25) is 4.79 Å². The summed E-state index contributed by atoms with van der Waals surface area (Å²) in [5.41, 5.74) is 7.70. The van der Waals surface area contributed by atoms with Crippen LogP contribution in [0.3, 0.4) is 0 Å². The van der Waals surface area contributed by atoms with Crippen LogP contribution in [0.5, 0.6) is 11.5 Å². The van der Waals surface area contributed by atoms with Crippen molar-refractivity contribution in [3.63, 3.8) is 0 Å². The largest absolute Gasteiger partial charge is 0.493 e. The van der Waals surface area contributed by atoms with Crippen molar-refractivity contribution in [1.82, 2.24) is 14.8 Å². The number of thioether (sulfide) groups is 1. The van der Waals surface area contributed by atoms with Crippen molar-refractivity contribution < 1.29 is 18.7 Å². The molecule has 11 heteroatoms. The molecule has 1 amide bonds. The number of anilines is 1. The molecule has 0 bridgehead atoms. The number of amides is 1. The minimum atomic E-state index is -0.615. The van der Waals surface area contributed by atoms with Gasteiger partial charge in [-0.1, -0.05) is 48.8 Å². The van der Waals surface area contributed by atoms with E-state index in [1.165, 1.54) is 19.2 Å². The van der Waals surface area contributed by atoms with E-state index < -0.39 is 17.8 Å². The van der Waals surface area contributed by atoms with Crippen LogP contribution in [0.2, 0.25) is 5.02 Å². The molecule has 0 radical (unpaired) electrons. The van der Waals surface area contributed by atoms with Gasteiger partial charge in [0.05, 0.1) is 17.7 Å². The summed E-state index contributed by atoms with van der Waals surface area (Å²) in [5.74, 6) is 1.19. The Morgan fingerprint density at radius 2 is 2.11 bits per heavy atom. The Hall–Kier alpha value is -3.24. The lowest BCUT2D eigenvalue weighted by Crippen LogP contribution is -2.31. The van der Waals surface area contributed by atoms with E-state index in [9.17, 15) is 9.18 Å². The first-order valence-electron chi connectivity index (χ1n) is 11.4. The number of primary amides is 1. The number of hydrogen-bond acceptors (Lipinski definition) is 7. The lowest BCUT2D eigenvalue weighted by atomic mass is 9.95. The second kappa shape index (κ2) is 11.2. The Morgan fingerprint density at radius 3 is 2.81 bits per heavy atom. The van der Waals surface area contributed by atoms with E-state index in [2.05, 4.69) is 22.3 Å². The minimum absolute atomic E-state index is 0.0777. The zero-order valence-corrected chi connectivity index (χ0v) is 21.8. The van der Waals surface area contributed by atoms with Crippen molar-refractivity contribution in [3.05, 3.63) is 69.6 Å². The predicted octanol–water partition coefficient (Wildman–Crippen LogP) is 5.32. The third kappa shape index (κ3) is 5.29. The van der Waals surface area contributed by atoms with Gasteiger partial charge in [-0.15, -0.1) is 5.10 Å². The number of methoxy groups -OCH3 is 1. The van der Waals surface area contributed by atoms with E-state index >= 15 is 0 Å². The van der Waals surface area contributed by atoms with Gasteiger partial charge in [0.25, 0.3) is 0 Å². The highest BCUT2D eigenvalue weighted by Crippen LogP contribution is 2.39. The number of nitrogens with two attached hydrogens (primary N) is 1. The van der Waals surface area contributed by atoms with E-state index in [1.54, 1.807) is 47.6 Å². The van der Waals surface area contributed by atoms with E-state index in [1.807, 2.05) is 0 Å². The van der Waals surface area contributed by atoms with Crippen LogP contribution in [0.15, 0.2) is 52.8 Å². The van der Waals surface area contributed by atoms with Crippen LogP contribution >= 0.6 is 23.4 Å². The molecule has 0 saturated carbocycles. The molecule has 3 aromatic rings. The zero-order valence-electron chi connectivity index (χ0n) is 20.2. The Bertz CT molecular complexity index is 1290. The number of halogens is 2. The smallest absolute Gasteiger partial charge is 0.248 e. The molecule has 2 heterocycles. The normalized spacial score (nSPS) is 14.9. The molecule has 190 valence electrons. The second-order valence-corrected chi connectivity index (χ2v) is 9.66. The second-order valence-electron chi connectivity index (χ2n) is 8.19. The van der Waals surface area contributed by atoms with E-state index in [0.29, 0.717) is 39.4 Å². The quantitative estimate of drug-likeness (QED) is 0.269. The number of rotatable bonds is 10. The van der Waals surface area contributed by atoms with Gasteiger partial charge >= 0.3 is 0 Å². The molecule has 0 spiro atoms. The molecule has 4 rings (SSSR count). The van der Waals surface area contributed by atoms with E-state index in [-0.39, 0.29) is 17.2 Å². The van der Waals surface area contributed by atoms with Crippen LogP contribution in [-0.4, -0.2) is 33.5 Å². The maximum absolute atomic E-state index is 14.2. The van der Waals surface area contributed by atoms with Gasteiger partial charge in [0.15, 0.2) is 11.5 Å². The molecular weight excluding hydrogens is 505 g/mol. The van der Waals surface area contributed by atoms with E-state index in [4.69, 9.17) is 26.8 Å². The number of unbranched alkanes of at least 4 members (excludes halogenated alkanes) is 1. The molecule has 36 heavy (non-hydrogen) atoms. The van der Waals surface area contributed by atoms with E-state index in [0.717, 1.165) is 18.6 Å². The topological polar surface area (TPSA) is 104 Å². The van der Waals surface area contributed by atoms with Crippen LogP contribution in [-0.2, 0) is 11.4 Å². The summed E-state index contributed by atoms with van der Waals surface area (Å²) >= 11 is 7.68. The van der Waals surface area contributed by atoms with Gasteiger partial charge in [-0.25, -0.2) is 9.07 Å². The fraction of sp³-hybridized carbons (Fsp3) is 0.320. The van der Waals surface area contributed by atoms with Gasteiger partial charge in [0, 0.05) is 17.0 Å². The molecule has 1 aliphatic heterocycles. The summed E-state index contributed by atoms with van der Waals surface area (Å²) in [6.45, 7) is 3.83. The molecule has 2 aromatic carbocycles. The average molecular weight is 532 g/mol. The third-order valence-corrected chi connectivity index (χ3v) is 7.04. The number of ether oxygens (including phenoxy) is 2. The first-order valence-corrected chi connectivity index (χ1v) is 12.8. The van der Waals surface area contributed by atoms with Crippen molar-refractivity contribution in [2.75, 3.05) is 18.2 Å². The summed E-state index contributed by atoms with van der Waals surface area (Å²) in [5, 5.41) is 8.69. The highest BCUT2D eigenvalue weighted by atomic mass is 35.5. The number of nitrogens with zero attached hydrogens (tertiary/aromatic N) is 3. The third-order valence-electron chi connectivity index (χ3n) is 5.76. The monoisotopic (exact) mass is 531 g/mol. The molecule has 0 fully saturated rings. The van der Waals surface area contributed by atoms with Gasteiger partial charge < -0.3 is 20.5 Å². The SMILES string of the molecule is CCCCSc1nc2n(n1)C(c1ccc(OCc3c(F)cccc3Cl)c(OC)c1)C(C(N)=O)=C(C)N2. The molecule has 1 aliphatic rings. The Balaban J connectivity index is 1.68. The summed E-state index contributed by atoms with van der Waals surface area (Å²) in [4.78, 5) is 17.1. The van der Waals surface area contributed by atoms with Crippen LogP contribution < -0.4 is 20.5 Å². The van der Waals surface area contributed by atoms with Gasteiger partial charge in [-0.2, -0.15) is 4.98 Å². The summed E-state index contributed by atoms with van der Waals surface area (Å²) in [6, 6.07) is 9.09. The molecular formula is C25H27ClFN5O3S. The fourth-order valence-corrected chi connectivity index (χ4v) is 5.05. The minimum Gasteiger partial charge on any atom is -0.493 e. The lowest BCUT2D eigenvalue weighted by molar-refractivity contribution is -0.115. The highest BCUT2D eigenvalue weighted by Gasteiger charge is 2.34. The Kier molecular flexibility index (Phi) is 8.05. The number of aromatic nitrogens is 3. The molecule has 0 saturated heterocycles. The Labute approximate surface area is 218 Å². The van der Waals surface area contributed by atoms with Crippen LogP contribution in [0.25, 0.3) is 0 Å². The number of hydrogen-bond donors (Lipinski definition) is 2. The standard InChI is InChI=1S/C25H27ClFN5O3S/c1-4-5-11-36-25-30-24-29-14(2)21(23(28)33)22(32(24)31-25)15-9-10-19(20(12-15)34-3)35-13-16-17(26)7-6-8-18(16)27/h6-10,12,22H,4-5,11,13H2,1-3H3,(H2,28,33)(H,29,30,31). The van der Waals surface area contributed by atoms with Crippen LogP contribution in [0.4, 0.5) is 10.3 Å². The molecule has 0 aliphatic carbocycles. The van der Waals surface area contributed by atoms with Gasteiger partial charge in [-0.05, 0) is 43.2 Å². The molecule has 8 nitrogen and oxygen atoms in total. The number of benzene rings is 2. The summed E-state index contributed by atoms with van der Waals surface area (Å²) in [6.07, 6.45) is 2.12. The summed E-state index contributed by atoms with van der Waals surface area (Å²) in [7, 11) is 1.50. The molecule has 3 N–H and O–H groups in total. The molecule has 1 atom stereocenters. The summed E-state index contributed by atoms with van der Waals surface area (Å²) < 4.78 is 27.2. The number of nitrogens with one attached hydrogen (secondary N) is 1. The maximum atomic E-state index is 14.2. The number of fused-ring (bicyclic) bond motifs is 1. The van der Waals surface area contributed by atoms with Crippen molar-refractivity contribution >= 4 is 35.2 Å². The zero-order chi connectivity index (χ0) is 25.8. The van der Waals surface area contributed by atoms with Crippen molar-refractivity contribution in [3.8, 4) is 11.5 Å². The number of carbonyl (C=O) groups is 1. The first kappa shape index (κ1) is 25.8. The van der Waals surface area contributed by atoms with Crippen LogP contribution in [0, 0.1) is 5.82 Å². The predicted molar refractivity (Wildman–Crippen MR) is 138 cm³/mol.